The molecule has 1 aromatic rings. The number of amides is 1. The molecule has 2 rings (SSSR count). The second-order valence-electron chi connectivity index (χ2n) is 4.56. The maximum absolute atomic E-state index is 11.9. The first-order valence-electron chi connectivity index (χ1n) is 5.65. The predicted molar refractivity (Wildman–Crippen MR) is 68.5 cm³/mol. The molecule has 1 aliphatic rings. The minimum atomic E-state index is 0.0370. The van der Waals surface area contributed by atoms with Gasteiger partial charge in [-0.1, -0.05) is 15.9 Å². The highest BCUT2D eigenvalue weighted by atomic mass is 79.9. The Labute approximate surface area is 105 Å². The van der Waals surface area contributed by atoms with Crippen LogP contribution in [0.25, 0.3) is 0 Å². The number of benzene rings is 1. The molecule has 0 saturated heterocycles. The van der Waals surface area contributed by atoms with E-state index in [1.165, 1.54) is 12.8 Å². The molecule has 0 heterocycles. The Morgan fingerprint density at radius 3 is 2.75 bits per heavy atom. The molecule has 86 valence electrons. The van der Waals surface area contributed by atoms with Gasteiger partial charge in [0, 0.05) is 16.1 Å². The predicted octanol–water partition coefficient (Wildman–Crippen LogP) is 3.29. The molecule has 0 aromatic heterocycles. The molecule has 0 spiro atoms. The van der Waals surface area contributed by atoms with Crippen LogP contribution in [0.1, 0.15) is 35.7 Å². The first-order chi connectivity index (χ1) is 7.58. The van der Waals surface area contributed by atoms with Gasteiger partial charge in [0.2, 0.25) is 0 Å². The normalized spacial score (nSPS) is 16.9. The van der Waals surface area contributed by atoms with Crippen molar-refractivity contribution in [1.82, 2.24) is 5.32 Å². The summed E-state index contributed by atoms with van der Waals surface area (Å²) in [5, 5.41) is 3.05. The Kier molecular flexibility index (Phi) is 3.33. The maximum atomic E-state index is 11.9. The third kappa shape index (κ3) is 2.64. The zero-order valence-corrected chi connectivity index (χ0v) is 11.2. The van der Waals surface area contributed by atoms with Crippen LogP contribution in [0.15, 0.2) is 22.7 Å². The van der Waals surface area contributed by atoms with Crippen molar-refractivity contribution in [3.05, 3.63) is 33.8 Å². The number of carbonyl (C=O) groups is 1. The van der Waals surface area contributed by atoms with Crippen LogP contribution >= 0.6 is 15.9 Å². The van der Waals surface area contributed by atoms with Gasteiger partial charge in [-0.2, -0.15) is 0 Å². The summed E-state index contributed by atoms with van der Waals surface area (Å²) in [6.45, 7) is 4.08. The molecule has 2 nitrogen and oxygen atoms in total. The summed E-state index contributed by atoms with van der Waals surface area (Å²) in [7, 11) is 0. The summed E-state index contributed by atoms with van der Waals surface area (Å²) in [6, 6.07) is 5.99. The third-order valence-corrected chi connectivity index (χ3v) is 4.00. The summed E-state index contributed by atoms with van der Waals surface area (Å²) >= 11 is 3.43. The van der Waals surface area contributed by atoms with E-state index >= 15 is 0 Å². The zero-order chi connectivity index (χ0) is 11.7. The standard InChI is InChI=1S/C13H16BrNO/c1-8-7-11(5-6-12(8)14)13(16)15-9(2)10-3-4-10/h5-7,9-10H,3-4H2,1-2H3,(H,15,16). The van der Waals surface area contributed by atoms with E-state index in [-0.39, 0.29) is 5.91 Å². The topological polar surface area (TPSA) is 29.1 Å². The van der Waals surface area contributed by atoms with Crippen molar-refractivity contribution in [3.63, 3.8) is 0 Å². The van der Waals surface area contributed by atoms with Crippen molar-refractivity contribution in [1.29, 1.82) is 0 Å². The zero-order valence-electron chi connectivity index (χ0n) is 9.59. The highest BCUT2D eigenvalue weighted by molar-refractivity contribution is 9.10. The molecule has 1 saturated carbocycles. The summed E-state index contributed by atoms with van der Waals surface area (Å²) < 4.78 is 1.04. The van der Waals surface area contributed by atoms with Gasteiger partial charge in [0.05, 0.1) is 0 Å². The second kappa shape index (κ2) is 4.58. The quantitative estimate of drug-likeness (QED) is 0.905. The highest BCUT2D eigenvalue weighted by Crippen LogP contribution is 2.32. The molecule has 0 bridgehead atoms. The van der Waals surface area contributed by atoms with Gasteiger partial charge in [-0.25, -0.2) is 0 Å². The van der Waals surface area contributed by atoms with E-state index in [0.29, 0.717) is 12.0 Å². The summed E-state index contributed by atoms with van der Waals surface area (Å²) in [5.41, 5.74) is 1.83. The van der Waals surface area contributed by atoms with Gasteiger partial charge in [-0.3, -0.25) is 4.79 Å². The van der Waals surface area contributed by atoms with Crippen molar-refractivity contribution in [3.8, 4) is 0 Å². The van der Waals surface area contributed by atoms with Gasteiger partial charge in [-0.05, 0) is 56.4 Å². The lowest BCUT2D eigenvalue weighted by Crippen LogP contribution is -2.33. The van der Waals surface area contributed by atoms with Crippen molar-refractivity contribution >= 4 is 21.8 Å². The van der Waals surface area contributed by atoms with E-state index < -0.39 is 0 Å². The Morgan fingerprint density at radius 2 is 2.19 bits per heavy atom. The van der Waals surface area contributed by atoms with E-state index in [4.69, 9.17) is 0 Å². The lowest BCUT2D eigenvalue weighted by molar-refractivity contribution is 0.0935. The number of hydrogen-bond donors (Lipinski definition) is 1. The van der Waals surface area contributed by atoms with Crippen molar-refractivity contribution in [2.75, 3.05) is 0 Å². The molecule has 3 heteroatoms. The maximum Gasteiger partial charge on any atom is 0.251 e. The number of nitrogens with one attached hydrogen (secondary N) is 1. The van der Waals surface area contributed by atoms with E-state index in [9.17, 15) is 4.79 Å². The van der Waals surface area contributed by atoms with E-state index in [0.717, 1.165) is 15.6 Å². The minimum absolute atomic E-state index is 0.0370. The van der Waals surface area contributed by atoms with Crippen LogP contribution in [0, 0.1) is 12.8 Å². The van der Waals surface area contributed by atoms with E-state index in [1.807, 2.05) is 25.1 Å². The monoisotopic (exact) mass is 281 g/mol. The molecular formula is C13H16BrNO. The van der Waals surface area contributed by atoms with Crippen LogP contribution in [-0.2, 0) is 0 Å². The molecule has 1 atom stereocenters. The number of carbonyl (C=O) groups excluding carboxylic acids is 1. The average Bonchev–Trinajstić information content (AvgIpc) is 3.05. The minimum Gasteiger partial charge on any atom is -0.349 e. The Balaban J connectivity index is 2.05. The van der Waals surface area contributed by atoms with Crippen LogP contribution in [-0.4, -0.2) is 11.9 Å². The molecule has 0 radical (unpaired) electrons. The fourth-order valence-electron chi connectivity index (χ4n) is 1.79. The lowest BCUT2D eigenvalue weighted by atomic mass is 10.1. The third-order valence-electron chi connectivity index (χ3n) is 3.11. The lowest BCUT2D eigenvalue weighted by Gasteiger charge is -2.13. The molecule has 1 unspecified atom stereocenters. The van der Waals surface area contributed by atoms with E-state index in [2.05, 4.69) is 28.2 Å². The largest absolute Gasteiger partial charge is 0.349 e. The Hall–Kier alpha value is -0.830. The first kappa shape index (κ1) is 11.6. The fourth-order valence-corrected chi connectivity index (χ4v) is 2.04. The number of rotatable bonds is 3. The summed E-state index contributed by atoms with van der Waals surface area (Å²) in [4.78, 5) is 11.9. The summed E-state index contributed by atoms with van der Waals surface area (Å²) in [5.74, 6) is 0.732. The summed E-state index contributed by atoms with van der Waals surface area (Å²) in [6.07, 6.45) is 2.50. The Bertz CT molecular complexity index is 412. The SMILES string of the molecule is Cc1cc(C(=O)NC(C)C2CC2)ccc1Br. The van der Waals surface area contributed by atoms with Crippen molar-refractivity contribution in [2.45, 2.75) is 32.7 Å². The highest BCUT2D eigenvalue weighted by Gasteiger charge is 2.29. The van der Waals surface area contributed by atoms with Gasteiger partial charge in [0.1, 0.15) is 0 Å². The van der Waals surface area contributed by atoms with Gasteiger partial charge in [0.25, 0.3) is 5.91 Å². The molecule has 0 aliphatic heterocycles. The van der Waals surface area contributed by atoms with E-state index in [1.54, 1.807) is 0 Å². The molecule has 1 amide bonds. The molecular weight excluding hydrogens is 266 g/mol. The molecule has 1 aliphatic carbocycles. The van der Waals surface area contributed by atoms with Gasteiger partial charge >= 0.3 is 0 Å². The Morgan fingerprint density at radius 1 is 1.50 bits per heavy atom. The van der Waals surface area contributed by atoms with Crippen LogP contribution in [0.3, 0.4) is 0 Å². The number of halogens is 1. The van der Waals surface area contributed by atoms with Gasteiger partial charge in [0.15, 0.2) is 0 Å². The molecule has 16 heavy (non-hydrogen) atoms. The van der Waals surface area contributed by atoms with Gasteiger partial charge in [-0.15, -0.1) is 0 Å². The first-order valence-corrected chi connectivity index (χ1v) is 6.44. The fraction of sp³-hybridized carbons (Fsp3) is 0.462. The van der Waals surface area contributed by atoms with Crippen LogP contribution in [0.5, 0.6) is 0 Å². The van der Waals surface area contributed by atoms with Crippen molar-refractivity contribution in [2.24, 2.45) is 5.92 Å². The smallest absolute Gasteiger partial charge is 0.251 e. The van der Waals surface area contributed by atoms with Crippen LogP contribution < -0.4 is 5.32 Å². The van der Waals surface area contributed by atoms with Crippen LogP contribution in [0.4, 0.5) is 0 Å². The van der Waals surface area contributed by atoms with Crippen molar-refractivity contribution < 1.29 is 4.79 Å². The number of aryl methyl sites for hydroxylation is 1. The second-order valence-corrected chi connectivity index (χ2v) is 5.42. The molecule has 1 fully saturated rings. The number of hydrogen-bond acceptors (Lipinski definition) is 1. The van der Waals surface area contributed by atoms with Crippen LogP contribution in [0.2, 0.25) is 0 Å². The molecule has 1 N–H and O–H groups in total. The molecule has 1 aromatic carbocycles. The average molecular weight is 282 g/mol. The van der Waals surface area contributed by atoms with Gasteiger partial charge < -0.3 is 5.32 Å².